The van der Waals surface area contributed by atoms with Gasteiger partial charge in [0.2, 0.25) is 5.95 Å². The fourth-order valence-corrected chi connectivity index (χ4v) is 6.02. The normalized spacial score (nSPS) is 11.6. The zero-order valence-corrected chi connectivity index (χ0v) is 23.6. The van der Waals surface area contributed by atoms with Crippen LogP contribution >= 0.6 is 11.8 Å². The Kier molecular flexibility index (Phi) is 8.23. The molecule has 10 nitrogen and oxygen atoms in total. The van der Waals surface area contributed by atoms with Gasteiger partial charge in [0.15, 0.2) is 0 Å². The Balaban J connectivity index is 1.42. The molecule has 0 aliphatic carbocycles. The summed E-state index contributed by atoms with van der Waals surface area (Å²) in [4.78, 5) is 21.8. The summed E-state index contributed by atoms with van der Waals surface area (Å²) in [5.74, 6) is -0.482. The molecule has 0 unspecified atom stereocenters. The number of sulfonamides is 2. The van der Waals surface area contributed by atoms with Crippen LogP contribution in [-0.4, -0.2) is 46.0 Å². The third-order valence-corrected chi connectivity index (χ3v) is 9.54. The molecule has 0 spiro atoms. The van der Waals surface area contributed by atoms with Crippen LogP contribution in [0, 0.1) is 6.92 Å². The van der Waals surface area contributed by atoms with Crippen LogP contribution in [0.1, 0.15) is 16.1 Å². The number of aryl methyl sites for hydroxylation is 1. The zero-order chi connectivity index (χ0) is 28.2. The monoisotopic (exact) mass is 583 g/mol. The third-order valence-electron chi connectivity index (χ3n) is 5.65. The number of carbonyl (C=O) groups excluding carboxylic acids is 1. The van der Waals surface area contributed by atoms with Crippen molar-refractivity contribution in [1.82, 2.24) is 9.97 Å². The lowest BCUT2D eigenvalue weighted by Crippen LogP contribution is -2.26. The lowest BCUT2D eigenvalue weighted by atomic mass is 10.2. The summed E-state index contributed by atoms with van der Waals surface area (Å²) in [5.41, 5.74) is 1.68. The van der Waals surface area contributed by atoms with Crippen molar-refractivity contribution in [3.05, 3.63) is 96.3 Å². The molecule has 0 aliphatic heterocycles. The van der Waals surface area contributed by atoms with Crippen molar-refractivity contribution in [2.45, 2.75) is 21.6 Å². The minimum absolute atomic E-state index is 0.0257. The Morgan fingerprint density at radius 3 is 2.05 bits per heavy atom. The van der Waals surface area contributed by atoms with E-state index in [0.29, 0.717) is 22.6 Å². The maximum Gasteiger partial charge on any atom is 0.264 e. The van der Waals surface area contributed by atoms with E-state index < -0.39 is 26.0 Å². The van der Waals surface area contributed by atoms with Gasteiger partial charge in [0, 0.05) is 35.1 Å². The van der Waals surface area contributed by atoms with Gasteiger partial charge in [0.05, 0.1) is 15.5 Å². The van der Waals surface area contributed by atoms with E-state index in [-0.39, 0.29) is 15.7 Å². The highest BCUT2D eigenvalue weighted by Crippen LogP contribution is 2.25. The lowest BCUT2D eigenvalue weighted by molar-refractivity contribution is 0.102. The summed E-state index contributed by atoms with van der Waals surface area (Å²) >= 11 is 1.52. The van der Waals surface area contributed by atoms with Gasteiger partial charge in [-0.1, -0.05) is 0 Å². The predicted octanol–water partition coefficient (Wildman–Crippen LogP) is 4.39. The van der Waals surface area contributed by atoms with E-state index in [1.165, 1.54) is 73.5 Å². The fraction of sp³-hybridized carbons (Fsp3) is 0.115. The highest BCUT2D eigenvalue weighted by molar-refractivity contribution is 7.98. The van der Waals surface area contributed by atoms with Crippen LogP contribution in [0.3, 0.4) is 0 Å². The Bertz CT molecular complexity index is 1690. The standard InChI is InChI=1S/C26H25N5O5S3/c1-18-16-17-27-26(28-18)30-38(33,34)23-12-6-20(7-13-23)29-25(32)19-4-8-21(9-5-19)31(2)39(35,36)24-14-10-22(37-3)11-15-24/h4-17H,1-3H3,(H,29,32)(H,27,28,30). The van der Waals surface area contributed by atoms with Crippen LogP contribution in [0.2, 0.25) is 0 Å². The van der Waals surface area contributed by atoms with Crippen molar-refractivity contribution >= 4 is 55.0 Å². The average Bonchev–Trinajstić information content (AvgIpc) is 2.93. The van der Waals surface area contributed by atoms with Crippen LogP contribution in [0.25, 0.3) is 0 Å². The maximum atomic E-state index is 13.0. The van der Waals surface area contributed by atoms with Crippen LogP contribution in [0.4, 0.5) is 17.3 Å². The van der Waals surface area contributed by atoms with Gasteiger partial charge in [-0.3, -0.25) is 9.10 Å². The molecule has 1 aromatic heterocycles. The second-order valence-electron chi connectivity index (χ2n) is 8.30. The summed E-state index contributed by atoms with van der Waals surface area (Å²) < 4.78 is 54.7. The van der Waals surface area contributed by atoms with Gasteiger partial charge < -0.3 is 5.32 Å². The molecule has 1 amide bonds. The molecule has 4 aromatic rings. The lowest BCUT2D eigenvalue weighted by Gasteiger charge is -2.20. The predicted molar refractivity (Wildman–Crippen MR) is 152 cm³/mol. The number of benzene rings is 3. The number of anilines is 3. The summed E-state index contributed by atoms with van der Waals surface area (Å²) in [7, 11) is -6.25. The van der Waals surface area contributed by atoms with Gasteiger partial charge in [0.25, 0.3) is 26.0 Å². The molecule has 3 aromatic carbocycles. The molecule has 0 saturated carbocycles. The van der Waals surface area contributed by atoms with Crippen molar-refractivity contribution in [1.29, 1.82) is 0 Å². The first-order valence-electron chi connectivity index (χ1n) is 11.5. The van der Waals surface area contributed by atoms with Crippen molar-refractivity contribution < 1.29 is 21.6 Å². The van der Waals surface area contributed by atoms with Gasteiger partial charge in [-0.2, -0.15) is 0 Å². The molecule has 0 radical (unpaired) electrons. The van der Waals surface area contributed by atoms with Gasteiger partial charge in [-0.15, -0.1) is 11.8 Å². The van der Waals surface area contributed by atoms with E-state index in [2.05, 4.69) is 20.0 Å². The Morgan fingerprint density at radius 1 is 0.846 bits per heavy atom. The highest BCUT2D eigenvalue weighted by Gasteiger charge is 2.22. The van der Waals surface area contributed by atoms with Gasteiger partial charge >= 0.3 is 0 Å². The number of hydrogen-bond donors (Lipinski definition) is 2. The molecular weight excluding hydrogens is 559 g/mol. The molecular formula is C26H25N5O5S3. The van der Waals surface area contributed by atoms with Crippen molar-refractivity contribution in [3.8, 4) is 0 Å². The molecule has 202 valence electrons. The maximum absolute atomic E-state index is 13.0. The smallest absolute Gasteiger partial charge is 0.264 e. The van der Waals surface area contributed by atoms with E-state index in [1.54, 1.807) is 37.3 Å². The van der Waals surface area contributed by atoms with E-state index >= 15 is 0 Å². The van der Waals surface area contributed by atoms with Crippen LogP contribution in [-0.2, 0) is 20.0 Å². The molecule has 39 heavy (non-hydrogen) atoms. The van der Waals surface area contributed by atoms with E-state index in [9.17, 15) is 21.6 Å². The molecule has 0 saturated heterocycles. The molecule has 4 rings (SSSR count). The minimum atomic E-state index is -3.92. The van der Waals surface area contributed by atoms with E-state index in [1.807, 2.05) is 6.26 Å². The molecule has 0 bridgehead atoms. The number of carbonyl (C=O) groups is 1. The Morgan fingerprint density at radius 2 is 1.46 bits per heavy atom. The van der Waals surface area contributed by atoms with Crippen LogP contribution in [0.5, 0.6) is 0 Å². The van der Waals surface area contributed by atoms with Gasteiger partial charge in [0.1, 0.15) is 0 Å². The number of aromatic nitrogens is 2. The van der Waals surface area contributed by atoms with Crippen molar-refractivity contribution in [2.24, 2.45) is 0 Å². The average molecular weight is 584 g/mol. The summed E-state index contributed by atoms with van der Waals surface area (Å²) in [6.07, 6.45) is 3.36. The first-order chi connectivity index (χ1) is 18.5. The second kappa shape index (κ2) is 11.4. The van der Waals surface area contributed by atoms with Crippen molar-refractivity contribution in [2.75, 3.05) is 27.6 Å². The molecule has 1 heterocycles. The molecule has 0 aliphatic rings. The first kappa shape index (κ1) is 28.1. The SMILES string of the molecule is CSc1ccc(S(=O)(=O)N(C)c2ccc(C(=O)Nc3ccc(S(=O)(=O)Nc4nccc(C)n4)cc3)cc2)cc1. The van der Waals surface area contributed by atoms with E-state index in [4.69, 9.17) is 0 Å². The summed E-state index contributed by atoms with van der Waals surface area (Å²) in [6.45, 7) is 1.72. The van der Waals surface area contributed by atoms with Crippen molar-refractivity contribution in [3.63, 3.8) is 0 Å². The van der Waals surface area contributed by atoms with Crippen LogP contribution in [0.15, 0.2) is 99.7 Å². The minimum Gasteiger partial charge on any atom is -0.322 e. The summed E-state index contributed by atoms with van der Waals surface area (Å²) in [6, 6.07) is 20.0. The van der Waals surface area contributed by atoms with Gasteiger partial charge in [-0.25, -0.2) is 31.5 Å². The Hall–Kier alpha value is -3.94. The first-order valence-corrected chi connectivity index (χ1v) is 15.6. The number of amides is 1. The number of nitrogens with zero attached hydrogens (tertiary/aromatic N) is 3. The third kappa shape index (κ3) is 6.56. The molecule has 0 atom stereocenters. The van der Waals surface area contributed by atoms with E-state index in [0.717, 1.165) is 9.20 Å². The summed E-state index contributed by atoms with van der Waals surface area (Å²) in [5, 5.41) is 2.70. The largest absolute Gasteiger partial charge is 0.322 e. The van der Waals surface area contributed by atoms with Gasteiger partial charge in [-0.05, 0) is 92.0 Å². The highest BCUT2D eigenvalue weighted by atomic mass is 32.2. The number of rotatable bonds is 9. The topological polar surface area (TPSA) is 138 Å². The molecule has 13 heteroatoms. The zero-order valence-electron chi connectivity index (χ0n) is 21.2. The number of nitrogens with one attached hydrogen (secondary N) is 2. The fourth-order valence-electron chi connectivity index (χ4n) is 3.47. The molecule has 0 fully saturated rings. The Labute approximate surface area is 231 Å². The number of thioether (sulfide) groups is 1. The molecule has 2 N–H and O–H groups in total. The second-order valence-corrected chi connectivity index (χ2v) is 12.8. The quantitative estimate of drug-likeness (QED) is 0.277. The number of hydrogen-bond acceptors (Lipinski definition) is 8. The van der Waals surface area contributed by atoms with Crippen LogP contribution < -0.4 is 14.3 Å².